The molecule has 8 nitrogen and oxygen atoms in total. The van der Waals surface area contributed by atoms with Gasteiger partial charge in [0, 0.05) is 43.9 Å². The summed E-state index contributed by atoms with van der Waals surface area (Å²) in [4.78, 5) is 45.7. The molecular formula is C21H25N5O3S. The van der Waals surface area contributed by atoms with Gasteiger partial charge in [-0.15, -0.1) is 11.3 Å². The van der Waals surface area contributed by atoms with E-state index in [0.717, 1.165) is 36.6 Å². The number of amides is 4. The Morgan fingerprint density at radius 2 is 2.03 bits per heavy atom. The fraction of sp³-hybridized carbons (Fsp3) is 0.429. The van der Waals surface area contributed by atoms with Gasteiger partial charge in [0.1, 0.15) is 5.54 Å². The minimum Gasteiger partial charge on any atom is -0.324 e. The van der Waals surface area contributed by atoms with E-state index in [2.05, 4.69) is 32.7 Å². The molecule has 158 valence electrons. The molecule has 0 atom stereocenters. The van der Waals surface area contributed by atoms with Crippen LogP contribution in [0.1, 0.15) is 36.4 Å². The number of imide groups is 1. The molecule has 2 aliphatic heterocycles. The van der Waals surface area contributed by atoms with Crippen LogP contribution >= 0.6 is 11.3 Å². The smallest absolute Gasteiger partial charge is 0.324 e. The molecule has 30 heavy (non-hydrogen) atoms. The molecule has 3 heterocycles. The van der Waals surface area contributed by atoms with Crippen LogP contribution in [0.2, 0.25) is 0 Å². The van der Waals surface area contributed by atoms with Crippen LogP contribution in [0.25, 0.3) is 0 Å². The van der Waals surface area contributed by atoms with E-state index in [1.54, 1.807) is 13.8 Å². The topological polar surface area (TPSA) is 94.6 Å². The van der Waals surface area contributed by atoms with Crippen molar-refractivity contribution in [2.24, 2.45) is 0 Å². The molecule has 2 aliphatic rings. The van der Waals surface area contributed by atoms with Crippen LogP contribution in [-0.2, 0) is 29.1 Å². The van der Waals surface area contributed by atoms with Crippen molar-refractivity contribution in [3.63, 3.8) is 0 Å². The van der Waals surface area contributed by atoms with Crippen molar-refractivity contribution in [2.45, 2.75) is 45.3 Å². The molecule has 4 amide bonds. The number of thiazole rings is 1. The first-order valence-corrected chi connectivity index (χ1v) is 10.8. The van der Waals surface area contributed by atoms with Crippen molar-refractivity contribution < 1.29 is 14.4 Å². The van der Waals surface area contributed by atoms with Crippen molar-refractivity contribution in [3.05, 3.63) is 46.5 Å². The molecule has 1 aromatic carbocycles. The Balaban J connectivity index is 1.31. The fourth-order valence-electron chi connectivity index (χ4n) is 3.69. The van der Waals surface area contributed by atoms with Crippen LogP contribution in [0.15, 0.2) is 30.3 Å². The Kier molecular flexibility index (Phi) is 5.57. The van der Waals surface area contributed by atoms with Gasteiger partial charge in [0.15, 0.2) is 5.13 Å². The van der Waals surface area contributed by atoms with E-state index in [4.69, 9.17) is 0 Å². The van der Waals surface area contributed by atoms with Gasteiger partial charge in [0.05, 0.1) is 5.69 Å². The van der Waals surface area contributed by atoms with Gasteiger partial charge in [-0.25, -0.2) is 9.78 Å². The summed E-state index contributed by atoms with van der Waals surface area (Å²) in [7, 11) is 0. The summed E-state index contributed by atoms with van der Waals surface area (Å²) in [6.07, 6.45) is 0.895. The molecule has 0 spiro atoms. The molecule has 0 aliphatic carbocycles. The zero-order valence-corrected chi connectivity index (χ0v) is 17.9. The summed E-state index contributed by atoms with van der Waals surface area (Å²) >= 11 is 1.49. The highest BCUT2D eigenvalue weighted by molar-refractivity contribution is 7.15. The monoisotopic (exact) mass is 427 g/mol. The molecule has 1 saturated heterocycles. The molecule has 0 radical (unpaired) electrons. The third-order valence-corrected chi connectivity index (χ3v) is 6.31. The number of benzene rings is 1. The van der Waals surface area contributed by atoms with Gasteiger partial charge < -0.3 is 10.6 Å². The van der Waals surface area contributed by atoms with Crippen LogP contribution in [0.4, 0.5) is 9.93 Å². The molecule has 0 saturated carbocycles. The summed E-state index contributed by atoms with van der Waals surface area (Å²) in [6, 6.07) is 9.90. The summed E-state index contributed by atoms with van der Waals surface area (Å²) in [5, 5.41) is 6.00. The fourth-order valence-corrected chi connectivity index (χ4v) is 4.76. The minimum atomic E-state index is -0.923. The summed E-state index contributed by atoms with van der Waals surface area (Å²) in [6.45, 7) is 5.98. The number of fused-ring (bicyclic) bond motifs is 1. The molecule has 9 heteroatoms. The van der Waals surface area contributed by atoms with E-state index < -0.39 is 11.6 Å². The summed E-state index contributed by atoms with van der Waals surface area (Å²) < 4.78 is 0. The van der Waals surface area contributed by atoms with Crippen LogP contribution in [0, 0.1) is 0 Å². The molecule has 1 fully saturated rings. The number of hydrogen-bond acceptors (Lipinski definition) is 6. The van der Waals surface area contributed by atoms with Gasteiger partial charge >= 0.3 is 6.03 Å². The van der Waals surface area contributed by atoms with Crippen LogP contribution < -0.4 is 10.6 Å². The quantitative estimate of drug-likeness (QED) is 0.690. The Bertz CT molecular complexity index is 972. The van der Waals surface area contributed by atoms with E-state index in [1.807, 2.05) is 18.2 Å². The first-order valence-electron chi connectivity index (χ1n) is 10.0. The predicted octanol–water partition coefficient (Wildman–Crippen LogP) is 2.36. The van der Waals surface area contributed by atoms with Crippen molar-refractivity contribution in [1.82, 2.24) is 20.1 Å². The Morgan fingerprint density at radius 3 is 2.73 bits per heavy atom. The van der Waals surface area contributed by atoms with Crippen molar-refractivity contribution in [1.29, 1.82) is 0 Å². The number of carbonyl (C=O) groups is 3. The first kappa shape index (κ1) is 20.5. The van der Waals surface area contributed by atoms with Crippen molar-refractivity contribution in [3.8, 4) is 0 Å². The summed E-state index contributed by atoms with van der Waals surface area (Å²) in [5.74, 6) is -0.573. The van der Waals surface area contributed by atoms with E-state index in [9.17, 15) is 14.4 Å². The molecule has 4 rings (SSSR count). The standard InChI is InChI=1S/C21H25N5O3S/c1-21(2)18(28)26(20(29)24-21)11-9-17(27)23-19-22-15-8-10-25(13-16(15)30-19)12-14-6-4-3-5-7-14/h3-7H,8-13H2,1-2H3,(H,24,29)(H,22,23,27). The average molecular weight is 428 g/mol. The number of rotatable bonds is 6. The SMILES string of the molecule is CC1(C)NC(=O)N(CCC(=O)Nc2nc3c(s2)CN(Cc2ccccc2)CC3)C1=O. The Hall–Kier alpha value is -2.78. The minimum absolute atomic E-state index is 0.0413. The molecule has 1 aromatic heterocycles. The lowest BCUT2D eigenvalue weighted by atomic mass is 10.1. The van der Waals surface area contributed by atoms with Gasteiger partial charge in [-0.05, 0) is 19.4 Å². The number of nitrogens with zero attached hydrogens (tertiary/aromatic N) is 3. The second kappa shape index (κ2) is 8.16. The van der Waals surface area contributed by atoms with E-state index in [-0.39, 0.29) is 24.8 Å². The van der Waals surface area contributed by atoms with Crippen LogP contribution in [-0.4, -0.2) is 51.3 Å². The predicted molar refractivity (Wildman–Crippen MR) is 114 cm³/mol. The number of anilines is 1. The van der Waals surface area contributed by atoms with Crippen molar-refractivity contribution in [2.75, 3.05) is 18.4 Å². The van der Waals surface area contributed by atoms with Gasteiger partial charge in [-0.3, -0.25) is 19.4 Å². The highest BCUT2D eigenvalue weighted by Crippen LogP contribution is 2.29. The number of carbonyl (C=O) groups excluding carboxylic acids is 3. The van der Waals surface area contributed by atoms with E-state index in [1.165, 1.54) is 21.8 Å². The van der Waals surface area contributed by atoms with Gasteiger partial charge in [0.2, 0.25) is 5.91 Å². The van der Waals surface area contributed by atoms with Gasteiger partial charge in [0.25, 0.3) is 5.91 Å². The van der Waals surface area contributed by atoms with E-state index >= 15 is 0 Å². The second-order valence-electron chi connectivity index (χ2n) is 8.15. The average Bonchev–Trinajstić information content (AvgIpc) is 3.17. The Labute approximate surface area is 179 Å². The first-order chi connectivity index (χ1) is 14.3. The maximum absolute atomic E-state index is 12.3. The molecule has 2 N–H and O–H groups in total. The largest absolute Gasteiger partial charge is 0.325 e. The van der Waals surface area contributed by atoms with Crippen LogP contribution in [0.5, 0.6) is 0 Å². The molecule has 2 aromatic rings. The lowest BCUT2D eigenvalue weighted by Crippen LogP contribution is -2.40. The molecular weight excluding hydrogens is 402 g/mol. The molecule has 0 unspecified atom stereocenters. The highest BCUT2D eigenvalue weighted by Gasteiger charge is 2.44. The van der Waals surface area contributed by atoms with Crippen LogP contribution in [0.3, 0.4) is 0 Å². The third-order valence-electron chi connectivity index (χ3n) is 5.31. The van der Waals surface area contributed by atoms with Gasteiger partial charge in [-0.2, -0.15) is 0 Å². The maximum Gasteiger partial charge on any atom is 0.325 e. The second-order valence-corrected chi connectivity index (χ2v) is 9.23. The third kappa shape index (κ3) is 4.36. The number of nitrogens with one attached hydrogen (secondary N) is 2. The number of aromatic nitrogens is 1. The van der Waals surface area contributed by atoms with E-state index in [0.29, 0.717) is 5.13 Å². The zero-order valence-electron chi connectivity index (χ0n) is 17.1. The number of urea groups is 1. The highest BCUT2D eigenvalue weighted by atomic mass is 32.1. The Morgan fingerprint density at radius 1 is 1.27 bits per heavy atom. The zero-order chi connectivity index (χ0) is 21.3. The maximum atomic E-state index is 12.3. The van der Waals surface area contributed by atoms with Crippen molar-refractivity contribution >= 4 is 34.3 Å². The number of hydrogen-bond donors (Lipinski definition) is 2. The lowest BCUT2D eigenvalue weighted by Gasteiger charge is -2.25. The lowest BCUT2D eigenvalue weighted by molar-refractivity contribution is -0.130. The molecule has 0 bridgehead atoms. The van der Waals surface area contributed by atoms with Gasteiger partial charge in [-0.1, -0.05) is 30.3 Å². The summed E-state index contributed by atoms with van der Waals surface area (Å²) in [5.41, 5.74) is 1.39. The normalized spacial score (nSPS) is 18.3.